The second-order valence-electron chi connectivity index (χ2n) is 6.50. The van der Waals surface area contributed by atoms with Crippen LogP contribution < -0.4 is 0 Å². The van der Waals surface area contributed by atoms with Gasteiger partial charge in [0.1, 0.15) is 5.60 Å². The third-order valence-corrected chi connectivity index (χ3v) is 5.20. The van der Waals surface area contributed by atoms with E-state index in [0.29, 0.717) is 5.92 Å². The number of hydrogen-bond acceptors (Lipinski definition) is 2. The Kier molecular flexibility index (Phi) is 4.20. The lowest BCUT2D eigenvalue weighted by Crippen LogP contribution is -2.45. The van der Waals surface area contributed by atoms with Crippen molar-refractivity contribution in [2.24, 2.45) is 11.3 Å². The van der Waals surface area contributed by atoms with Crippen molar-refractivity contribution in [3.8, 4) is 6.07 Å². The predicted octanol–water partition coefficient (Wildman–Crippen LogP) is 4.18. The number of benzene rings is 1. The van der Waals surface area contributed by atoms with Crippen LogP contribution >= 0.6 is 0 Å². The molecule has 0 spiro atoms. The fourth-order valence-electron chi connectivity index (χ4n) is 3.30. The molecule has 0 amide bonds. The first-order chi connectivity index (χ1) is 9.45. The van der Waals surface area contributed by atoms with Gasteiger partial charge in [-0.2, -0.15) is 5.26 Å². The highest BCUT2D eigenvalue weighted by Crippen LogP contribution is 2.50. The molecule has 0 heterocycles. The van der Waals surface area contributed by atoms with Gasteiger partial charge in [-0.25, -0.2) is 0 Å². The van der Waals surface area contributed by atoms with Crippen molar-refractivity contribution >= 4 is 0 Å². The lowest BCUT2D eigenvalue weighted by atomic mass is 9.61. The van der Waals surface area contributed by atoms with Gasteiger partial charge in [-0.05, 0) is 56.1 Å². The molecule has 2 nitrogen and oxygen atoms in total. The van der Waals surface area contributed by atoms with E-state index in [1.165, 1.54) is 5.56 Å². The van der Waals surface area contributed by atoms with Gasteiger partial charge in [0, 0.05) is 0 Å². The van der Waals surface area contributed by atoms with Crippen LogP contribution in [0.15, 0.2) is 24.3 Å². The summed E-state index contributed by atoms with van der Waals surface area (Å²) in [5.41, 5.74) is 0.403. The van der Waals surface area contributed by atoms with Crippen molar-refractivity contribution in [3.05, 3.63) is 35.4 Å². The molecule has 1 saturated carbocycles. The van der Waals surface area contributed by atoms with Crippen LogP contribution in [0.2, 0.25) is 0 Å². The molecule has 1 fully saturated rings. The number of nitrogens with zero attached hydrogens (tertiary/aromatic N) is 1. The molecule has 1 aliphatic rings. The number of aliphatic hydroxyl groups is 1. The molecule has 0 bridgehead atoms. The molecule has 0 radical (unpaired) electrons. The predicted molar refractivity (Wildman–Crippen MR) is 81.1 cm³/mol. The first-order valence-corrected chi connectivity index (χ1v) is 7.68. The van der Waals surface area contributed by atoms with Gasteiger partial charge >= 0.3 is 0 Å². The zero-order valence-electron chi connectivity index (χ0n) is 12.8. The smallest absolute Gasteiger partial charge is 0.105 e. The summed E-state index contributed by atoms with van der Waals surface area (Å²) in [6.45, 7) is 6.16. The van der Waals surface area contributed by atoms with Gasteiger partial charge in [0.25, 0.3) is 0 Å². The molecule has 1 N–H and O–H groups in total. The van der Waals surface area contributed by atoms with Crippen LogP contribution in [-0.2, 0) is 12.0 Å². The van der Waals surface area contributed by atoms with Crippen molar-refractivity contribution in [2.75, 3.05) is 0 Å². The quantitative estimate of drug-likeness (QED) is 0.896. The first-order valence-electron chi connectivity index (χ1n) is 7.68. The summed E-state index contributed by atoms with van der Waals surface area (Å²) in [5, 5.41) is 20.8. The van der Waals surface area contributed by atoms with Crippen LogP contribution in [0.25, 0.3) is 0 Å². The second-order valence-corrected chi connectivity index (χ2v) is 6.50. The largest absolute Gasteiger partial charge is 0.384 e. The van der Waals surface area contributed by atoms with Crippen molar-refractivity contribution in [1.82, 2.24) is 0 Å². The average molecular weight is 271 g/mol. The summed E-state index contributed by atoms with van der Waals surface area (Å²) < 4.78 is 0. The summed E-state index contributed by atoms with van der Waals surface area (Å²) in [6, 6.07) is 10.5. The maximum absolute atomic E-state index is 11.1. The van der Waals surface area contributed by atoms with E-state index in [2.05, 4.69) is 32.0 Å². The Morgan fingerprint density at radius 3 is 2.30 bits per heavy atom. The van der Waals surface area contributed by atoms with Crippen LogP contribution in [0, 0.1) is 22.7 Å². The van der Waals surface area contributed by atoms with E-state index in [0.717, 1.165) is 37.7 Å². The van der Waals surface area contributed by atoms with Crippen molar-refractivity contribution in [3.63, 3.8) is 0 Å². The highest BCUT2D eigenvalue weighted by atomic mass is 16.3. The maximum Gasteiger partial charge on any atom is 0.105 e. The Labute approximate surface area is 122 Å². The monoisotopic (exact) mass is 271 g/mol. The Hall–Kier alpha value is -1.33. The van der Waals surface area contributed by atoms with Crippen LogP contribution in [0.4, 0.5) is 0 Å². The Balaban J connectivity index is 2.33. The van der Waals surface area contributed by atoms with E-state index in [-0.39, 0.29) is 0 Å². The average Bonchev–Trinajstić information content (AvgIpc) is 2.48. The molecule has 1 aromatic rings. The summed E-state index contributed by atoms with van der Waals surface area (Å²) in [4.78, 5) is 0. The molecule has 0 aromatic heterocycles. The van der Waals surface area contributed by atoms with Crippen molar-refractivity contribution in [2.45, 2.75) is 58.5 Å². The Morgan fingerprint density at radius 2 is 1.85 bits per heavy atom. The first kappa shape index (κ1) is 15.1. The van der Waals surface area contributed by atoms with E-state index < -0.39 is 11.0 Å². The zero-order chi connectivity index (χ0) is 14.8. The van der Waals surface area contributed by atoms with Gasteiger partial charge in [-0.3, -0.25) is 0 Å². The Bertz CT molecular complexity index is 487. The molecule has 2 rings (SSSR count). The van der Waals surface area contributed by atoms with Gasteiger partial charge in [0.15, 0.2) is 0 Å². The van der Waals surface area contributed by atoms with E-state index in [4.69, 9.17) is 0 Å². The third kappa shape index (κ3) is 2.47. The molecular formula is C18H25NO. The van der Waals surface area contributed by atoms with Gasteiger partial charge in [-0.1, -0.05) is 38.1 Å². The number of aryl methyl sites for hydroxylation is 1. The molecule has 108 valence electrons. The second kappa shape index (κ2) is 5.58. The molecule has 1 aliphatic carbocycles. The third-order valence-electron chi connectivity index (χ3n) is 5.20. The molecule has 1 atom stereocenters. The highest BCUT2D eigenvalue weighted by Gasteiger charge is 2.49. The molecule has 0 saturated heterocycles. The fraction of sp³-hybridized carbons (Fsp3) is 0.611. The molecular weight excluding hydrogens is 246 g/mol. The van der Waals surface area contributed by atoms with Crippen molar-refractivity contribution < 1.29 is 5.11 Å². The van der Waals surface area contributed by atoms with Crippen LogP contribution in [-0.4, -0.2) is 5.11 Å². The standard InChI is InChI=1S/C18H25NO/c1-4-15-5-7-16(8-6-15)17(3,20)18(13-19)11-9-14(2)10-12-18/h5-8,14,20H,4,9-12H2,1-3H3. The van der Waals surface area contributed by atoms with Crippen LogP contribution in [0.1, 0.15) is 57.6 Å². The van der Waals surface area contributed by atoms with E-state index in [1.807, 2.05) is 19.1 Å². The van der Waals surface area contributed by atoms with Crippen molar-refractivity contribution in [1.29, 1.82) is 5.26 Å². The van der Waals surface area contributed by atoms with Crippen LogP contribution in [0.3, 0.4) is 0 Å². The van der Waals surface area contributed by atoms with E-state index in [9.17, 15) is 10.4 Å². The minimum Gasteiger partial charge on any atom is -0.384 e. The van der Waals surface area contributed by atoms with Crippen LogP contribution in [0.5, 0.6) is 0 Å². The maximum atomic E-state index is 11.1. The zero-order valence-corrected chi connectivity index (χ0v) is 12.8. The minimum atomic E-state index is -1.08. The molecule has 2 heteroatoms. The fourth-order valence-corrected chi connectivity index (χ4v) is 3.30. The number of nitriles is 1. The lowest BCUT2D eigenvalue weighted by Gasteiger charge is -2.44. The highest BCUT2D eigenvalue weighted by molar-refractivity contribution is 5.31. The molecule has 1 unspecified atom stereocenters. The lowest BCUT2D eigenvalue weighted by molar-refractivity contribution is -0.0686. The number of hydrogen-bond donors (Lipinski definition) is 1. The van der Waals surface area contributed by atoms with Gasteiger partial charge in [0.2, 0.25) is 0 Å². The molecule has 1 aromatic carbocycles. The van der Waals surface area contributed by atoms with E-state index >= 15 is 0 Å². The summed E-state index contributed by atoms with van der Waals surface area (Å²) in [6.07, 6.45) is 4.61. The van der Waals surface area contributed by atoms with E-state index in [1.54, 1.807) is 0 Å². The topological polar surface area (TPSA) is 44.0 Å². The molecule has 0 aliphatic heterocycles. The SMILES string of the molecule is CCc1ccc(C(C)(O)C2(C#N)CCC(C)CC2)cc1. The number of rotatable bonds is 3. The van der Waals surface area contributed by atoms with Gasteiger partial charge in [-0.15, -0.1) is 0 Å². The summed E-state index contributed by atoms with van der Waals surface area (Å²) in [5.74, 6) is 0.662. The van der Waals surface area contributed by atoms with Gasteiger partial charge in [0.05, 0.1) is 11.5 Å². The molecule has 20 heavy (non-hydrogen) atoms. The normalized spacial score (nSPS) is 29.4. The van der Waals surface area contributed by atoms with Gasteiger partial charge < -0.3 is 5.11 Å². The summed E-state index contributed by atoms with van der Waals surface area (Å²) in [7, 11) is 0. The summed E-state index contributed by atoms with van der Waals surface area (Å²) >= 11 is 0. The minimum absolute atomic E-state index is 0.646. The Morgan fingerprint density at radius 1 is 1.30 bits per heavy atom.